The molecule has 0 radical (unpaired) electrons. The van der Waals surface area contributed by atoms with Crippen molar-refractivity contribution in [3.05, 3.63) is 35.4 Å². The van der Waals surface area contributed by atoms with Gasteiger partial charge in [-0.05, 0) is 30.4 Å². The third-order valence-corrected chi connectivity index (χ3v) is 3.10. The standard InChI is InChI=1S/C11H13ClS/c1-4-13-11-7-9(8(2)3)5-6-10(11)12/h5-7H,2,4H2,1,3H3. The predicted molar refractivity (Wildman–Crippen MR) is 62.6 cm³/mol. The van der Waals surface area contributed by atoms with Gasteiger partial charge in [-0.3, -0.25) is 0 Å². The summed E-state index contributed by atoms with van der Waals surface area (Å²) in [7, 11) is 0. The summed E-state index contributed by atoms with van der Waals surface area (Å²) in [4.78, 5) is 1.14. The van der Waals surface area contributed by atoms with E-state index in [0.717, 1.165) is 21.2 Å². The zero-order valence-corrected chi connectivity index (χ0v) is 9.50. The van der Waals surface area contributed by atoms with E-state index in [1.807, 2.05) is 19.1 Å². The number of rotatable bonds is 3. The van der Waals surface area contributed by atoms with E-state index in [0.29, 0.717) is 0 Å². The number of benzene rings is 1. The highest BCUT2D eigenvalue weighted by Crippen LogP contribution is 2.29. The fourth-order valence-electron chi connectivity index (χ4n) is 1.03. The van der Waals surface area contributed by atoms with Crippen LogP contribution < -0.4 is 0 Å². The quantitative estimate of drug-likeness (QED) is 0.666. The summed E-state index contributed by atoms with van der Waals surface area (Å²) in [6, 6.07) is 6.03. The summed E-state index contributed by atoms with van der Waals surface area (Å²) in [5.74, 6) is 1.04. The molecular weight excluding hydrogens is 200 g/mol. The van der Waals surface area contributed by atoms with E-state index in [1.54, 1.807) is 11.8 Å². The molecular formula is C11H13ClS. The molecule has 1 aromatic carbocycles. The summed E-state index contributed by atoms with van der Waals surface area (Å²) < 4.78 is 0. The van der Waals surface area contributed by atoms with Gasteiger partial charge in [-0.25, -0.2) is 0 Å². The summed E-state index contributed by atoms with van der Waals surface area (Å²) in [6.07, 6.45) is 0. The van der Waals surface area contributed by atoms with Gasteiger partial charge in [-0.2, -0.15) is 0 Å². The van der Waals surface area contributed by atoms with Crippen LogP contribution in [0.5, 0.6) is 0 Å². The summed E-state index contributed by atoms with van der Waals surface area (Å²) in [6.45, 7) is 8.03. The lowest BCUT2D eigenvalue weighted by Gasteiger charge is -2.05. The van der Waals surface area contributed by atoms with Gasteiger partial charge < -0.3 is 0 Å². The molecule has 70 valence electrons. The maximum Gasteiger partial charge on any atom is 0.0542 e. The van der Waals surface area contributed by atoms with E-state index < -0.39 is 0 Å². The first-order valence-electron chi connectivity index (χ1n) is 4.23. The van der Waals surface area contributed by atoms with Crippen molar-refractivity contribution in [3.8, 4) is 0 Å². The molecule has 1 rings (SSSR count). The lowest BCUT2D eigenvalue weighted by molar-refractivity contribution is 1.40. The Morgan fingerprint density at radius 2 is 2.23 bits per heavy atom. The molecule has 0 aliphatic carbocycles. The minimum absolute atomic E-state index is 0.830. The van der Waals surface area contributed by atoms with Crippen molar-refractivity contribution in [1.29, 1.82) is 0 Å². The van der Waals surface area contributed by atoms with Crippen molar-refractivity contribution in [2.24, 2.45) is 0 Å². The fraction of sp³-hybridized carbons (Fsp3) is 0.273. The van der Waals surface area contributed by atoms with Gasteiger partial charge in [-0.1, -0.05) is 36.7 Å². The lowest BCUT2D eigenvalue weighted by atomic mass is 10.1. The Morgan fingerprint density at radius 3 is 2.77 bits per heavy atom. The van der Waals surface area contributed by atoms with E-state index in [2.05, 4.69) is 19.6 Å². The molecule has 1 aromatic rings. The highest BCUT2D eigenvalue weighted by Gasteiger charge is 2.01. The van der Waals surface area contributed by atoms with E-state index in [4.69, 9.17) is 11.6 Å². The Morgan fingerprint density at radius 1 is 1.54 bits per heavy atom. The van der Waals surface area contributed by atoms with Crippen LogP contribution in [0.3, 0.4) is 0 Å². The van der Waals surface area contributed by atoms with Crippen molar-refractivity contribution in [2.75, 3.05) is 5.75 Å². The molecule has 0 amide bonds. The average molecular weight is 213 g/mol. The first-order chi connectivity index (χ1) is 6.15. The van der Waals surface area contributed by atoms with Gasteiger partial charge in [0.2, 0.25) is 0 Å². The van der Waals surface area contributed by atoms with E-state index in [1.165, 1.54) is 5.56 Å². The molecule has 0 N–H and O–H groups in total. The van der Waals surface area contributed by atoms with Gasteiger partial charge in [0, 0.05) is 4.90 Å². The Kier molecular flexibility index (Phi) is 3.89. The number of hydrogen-bond donors (Lipinski definition) is 0. The van der Waals surface area contributed by atoms with Crippen LogP contribution in [0, 0.1) is 0 Å². The topological polar surface area (TPSA) is 0 Å². The molecule has 0 spiro atoms. The van der Waals surface area contributed by atoms with E-state index in [-0.39, 0.29) is 0 Å². The summed E-state index contributed by atoms with van der Waals surface area (Å²) >= 11 is 7.79. The SMILES string of the molecule is C=C(C)c1ccc(Cl)c(SCC)c1. The van der Waals surface area contributed by atoms with Gasteiger partial charge in [-0.15, -0.1) is 11.8 Å². The molecule has 13 heavy (non-hydrogen) atoms. The van der Waals surface area contributed by atoms with Crippen LogP contribution in [0.15, 0.2) is 29.7 Å². The molecule has 0 saturated carbocycles. The minimum Gasteiger partial charge on any atom is -0.125 e. The predicted octanol–water partition coefficient (Wildman–Crippen LogP) is 4.49. The van der Waals surface area contributed by atoms with Crippen LogP contribution >= 0.6 is 23.4 Å². The normalized spacial score (nSPS) is 10.1. The highest BCUT2D eigenvalue weighted by molar-refractivity contribution is 7.99. The number of thioether (sulfide) groups is 1. The maximum atomic E-state index is 6.03. The van der Waals surface area contributed by atoms with Gasteiger partial charge in [0.15, 0.2) is 0 Å². The maximum absolute atomic E-state index is 6.03. The van der Waals surface area contributed by atoms with Crippen molar-refractivity contribution >= 4 is 28.9 Å². The van der Waals surface area contributed by atoms with Crippen LogP contribution in [0.25, 0.3) is 5.57 Å². The molecule has 0 unspecified atom stereocenters. The molecule has 2 heteroatoms. The first kappa shape index (κ1) is 10.7. The molecule has 0 aromatic heterocycles. The Balaban J connectivity index is 3.03. The van der Waals surface area contributed by atoms with Crippen molar-refractivity contribution in [1.82, 2.24) is 0 Å². The molecule has 0 atom stereocenters. The molecule has 0 nitrogen and oxygen atoms in total. The summed E-state index contributed by atoms with van der Waals surface area (Å²) in [5, 5.41) is 0.830. The van der Waals surface area contributed by atoms with Crippen LogP contribution in [0.1, 0.15) is 19.4 Å². The van der Waals surface area contributed by atoms with Gasteiger partial charge in [0.1, 0.15) is 0 Å². The zero-order chi connectivity index (χ0) is 9.84. The van der Waals surface area contributed by atoms with Gasteiger partial charge in [0.05, 0.1) is 5.02 Å². The van der Waals surface area contributed by atoms with Gasteiger partial charge in [0.25, 0.3) is 0 Å². The lowest BCUT2D eigenvalue weighted by Crippen LogP contribution is -1.81. The van der Waals surface area contributed by atoms with Crippen molar-refractivity contribution in [2.45, 2.75) is 18.7 Å². The molecule has 0 aliphatic rings. The molecule has 0 aliphatic heterocycles. The van der Waals surface area contributed by atoms with Gasteiger partial charge >= 0.3 is 0 Å². The Bertz CT molecular complexity index is 318. The van der Waals surface area contributed by atoms with Crippen LogP contribution in [0.4, 0.5) is 0 Å². The number of allylic oxidation sites excluding steroid dienone is 1. The van der Waals surface area contributed by atoms with Crippen molar-refractivity contribution < 1.29 is 0 Å². The van der Waals surface area contributed by atoms with E-state index in [9.17, 15) is 0 Å². The molecule has 0 fully saturated rings. The Hall–Kier alpha value is -0.400. The molecule has 0 bridgehead atoms. The van der Waals surface area contributed by atoms with Crippen LogP contribution in [-0.2, 0) is 0 Å². The van der Waals surface area contributed by atoms with Crippen molar-refractivity contribution in [3.63, 3.8) is 0 Å². The minimum atomic E-state index is 0.830. The second-order valence-corrected chi connectivity index (χ2v) is 4.57. The second-order valence-electron chi connectivity index (χ2n) is 2.86. The fourth-order valence-corrected chi connectivity index (χ4v) is 2.04. The first-order valence-corrected chi connectivity index (χ1v) is 5.59. The largest absolute Gasteiger partial charge is 0.125 e. The molecule has 0 saturated heterocycles. The smallest absolute Gasteiger partial charge is 0.0542 e. The average Bonchev–Trinajstić information content (AvgIpc) is 2.08. The van der Waals surface area contributed by atoms with Crippen LogP contribution in [-0.4, -0.2) is 5.75 Å². The second kappa shape index (κ2) is 4.73. The third-order valence-electron chi connectivity index (χ3n) is 1.72. The zero-order valence-electron chi connectivity index (χ0n) is 7.93. The Labute approximate surface area is 89.0 Å². The molecule has 0 heterocycles. The third kappa shape index (κ3) is 2.78. The number of hydrogen-bond acceptors (Lipinski definition) is 1. The van der Waals surface area contributed by atoms with Crippen LogP contribution in [0.2, 0.25) is 5.02 Å². The highest BCUT2D eigenvalue weighted by atomic mass is 35.5. The monoisotopic (exact) mass is 212 g/mol. The number of halogens is 1. The van der Waals surface area contributed by atoms with E-state index >= 15 is 0 Å². The summed E-state index contributed by atoms with van der Waals surface area (Å²) in [5.41, 5.74) is 2.25.